The number of rotatable bonds is 10. The van der Waals surface area contributed by atoms with E-state index in [1.54, 1.807) is 0 Å². The number of halogens is 1. The molecule has 0 aliphatic rings. The molecule has 0 unspecified atom stereocenters. The molecule has 0 atom stereocenters. The number of nitrogens with zero attached hydrogens (tertiary/aromatic N) is 1. The van der Waals surface area contributed by atoms with Crippen molar-refractivity contribution in [2.75, 3.05) is 11.9 Å². The number of aryl methyl sites for hydroxylation is 1. The van der Waals surface area contributed by atoms with Gasteiger partial charge < -0.3 is 5.32 Å². The van der Waals surface area contributed by atoms with Crippen LogP contribution in [0.2, 0.25) is 0 Å². The number of unbranched alkanes of at least 4 members (excludes halogenated alkanes) is 7. The van der Waals surface area contributed by atoms with Crippen LogP contribution in [0.25, 0.3) is 0 Å². The minimum Gasteiger partial charge on any atom is -0.370 e. The third kappa shape index (κ3) is 7.56. The van der Waals surface area contributed by atoms with Crippen molar-refractivity contribution in [3.63, 3.8) is 0 Å². The molecule has 19 heavy (non-hydrogen) atoms. The Bertz CT molecular complexity index is 353. The zero-order valence-corrected chi connectivity index (χ0v) is 13.9. The average Bonchev–Trinajstić information content (AvgIpc) is 2.39. The van der Waals surface area contributed by atoms with Gasteiger partial charge in [0.2, 0.25) is 0 Å². The lowest BCUT2D eigenvalue weighted by atomic mass is 10.1. The van der Waals surface area contributed by atoms with Crippen molar-refractivity contribution in [3.8, 4) is 0 Å². The summed E-state index contributed by atoms with van der Waals surface area (Å²) in [5, 5.41) is 3.42. The molecule has 1 heterocycles. The average molecular weight is 327 g/mol. The highest BCUT2D eigenvalue weighted by Crippen LogP contribution is 2.17. The van der Waals surface area contributed by atoms with Gasteiger partial charge in [-0.15, -0.1) is 0 Å². The third-order valence-corrected chi connectivity index (χ3v) is 3.80. The first kappa shape index (κ1) is 16.5. The topological polar surface area (TPSA) is 24.9 Å². The second-order valence-electron chi connectivity index (χ2n) is 5.22. The molecule has 0 aliphatic carbocycles. The highest BCUT2D eigenvalue weighted by Gasteiger charge is 1.99. The molecule has 0 amide bonds. The summed E-state index contributed by atoms with van der Waals surface area (Å²) in [4.78, 5) is 4.39. The summed E-state index contributed by atoms with van der Waals surface area (Å²) in [5.74, 6) is 1.02. The second kappa shape index (κ2) is 10.2. The Morgan fingerprint density at radius 2 is 1.68 bits per heavy atom. The lowest BCUT2D eigenvalue weighted by molar-refractivity contribution is 0.581. The molecule has 108 valence electrons. The number of nitrogens with one attached hydrogen (secondary N) is 1. The van der Waals surface area contributed by atoms with Gasteiger partial charge >= 0.3 is 0 Å². The fourth-order valence-corrected chi connectivity index (χ4v) is 2.64. The molecule has 1 rings (SSSR count). The molecule has 3 heteroatoms. The van der Waals surface area contributed by atoms with Gasteiger partial charge in [-0.1, -0.05) is 51.9 Å². The van der Waals surface area contributed by atoms with Crippen LogP contribution in [-0.2, 0) is 0 Å². The SMILES string of the molecule is CCCCCCCCCCNc1ncc(Br)cc1C. The summed E-state index contributed by atoms with van der Waals surface area (Å²) >= 11 is 3.43. The van der Waals surface area contributed by atoms with Gasteiger partial charge in [0.25, 0.3) is 0 Å². The fourth-order valence-electron chi connectivity index (χ4n) is 2.19. The summed E-state index contributed by atoms with van der Waals surface area (Å²) in [6, 6.07) is 2.10. The predicted octanol–water partition coefficient (Wildman–Crippen LogP) is 5.71. The number of pyridine rings is 1. The van der Waals surface area contributed by atoms with Crippen molar-refractivity contribution in [3.05, 3.63) is 22.3 Å². The quantitative estimate of drug-likeness (QED) is 0.557. The Hall–Kier alpha value is -0.570. The molecule has 0 bridgehead atoms. The van der Waals surface area contributed by atoms with Crippen molar-refractivity contribution < 1.29 is 0 Å². The summed E-state index contributed by atoms with van der Waals surface area (Å²) in [6.45, 7) is 5.39. The first-order valence-corrected chi connectivity index (χ1v) is 8.39. The van der Waals surface area contributed by atoms with Crippen molar-refractivity contribution in [2.24, 2.45) is 0 Å². The van der Waals surface area contributed by atoms with E-state index in [2.05, 4.69) is 46.1 Å². The Morgan fingerprint density at radius 1 is 1.05 bits per heavy atom. The summed E-state index contributed by atoms with van der Waals surface area (Å²) in [5.41, 5.74) is 1.20. The van der Waals surface area contributed by atoms with Crippen LogP contribution in [0.5, 0.6) is 0 Å². The number of anilines is 1. The molecule has 0 saturated heterocycles. The van der Waals surface area contributed by atoms with Crippen LogP contribution in [0.3, 0.4) is 0 Å². The molecule has 0 fully saturated rings. The second-order valence-corrected chi connectivity index (χ2v) is 6.14. The lowest BCUT2D eigenvalue weighted by Crippen LogP contribution is -2.04. The minimum atomic E-state index is 1.02. The van der Waals surface area contributed by atoms with Crippen LogP contribution in [0, 0.1) is 6.92 Å². The van der Waals surface area contributed by atoms with Gasteiger partial charge in [-0.05, 0) is 40.9 Å². The van der Waals surface area contributed by atoms with Gasteiger partial charge in [-0.25, -0.2) is 4.98 Å². The van der Waals surface area contributed by atoms with Crippen molar-refractivity contribution in [2.45, 2.75) is 65.2 Å². The standard InChI is InChI=1S/C16H27BrN2/c1-3-4-5-6-7-8-9-10-11-18-16-14(2)12-15(17)13-19-16/h12-13H,3-11H2,1-2H3,(H,18,19). The predicted molar refractivity (Wildman–Crippen MR) is 87.8 cm³/mol. The van der Waals surface area contributed by atoms with E-state index in [1.165, 1.54) is 56.9 Å². The molecule has 1 aromatic rings. The van der Waals surface area contributed by atoms with Crippen LogP contribution in [-0.4, -0.2) is 11.5 Å². The fraction of sp³-hybridized carbons (Fsp3) is 0.688. The monoisotopic (exact) mass is 326 g/mol. The van der Waals surface area contributed by atoms with Crippen LogP contribution in [0.1, 0.15) is 63.9 Å². The maximum Gasteiger partial charge on any atom is 0.128 e. The van der Waals surface area contributed by atoms with E-state index in [0.717, 1.165) is 16.8 Å². The van der Waals surface area contributed by atoms with Crippen LogP contribution < -0.4 is 5.32 Å². The van der Waals surface area contributed by atoms with Crippen molar-refractivity contribution in [1.29, 1.82) is 0 Å². The van der Waals surface area contributed by atoms with Gasteiger partial charge in [0, 0.05) is 17.2 Å². The van der Waals surface area contributed by atoms with Gasteiger partial charge in [-0.2, -0.15) is 0 Å². The van der Waals surface area contributed by atoms with E-state index < -0.39 is 0 Å². The first-order valence-electron chi connectivity index (χ1n) is 7.60. The zero-order valence-electron chi connectivity index (χ0n) is 12.3. The van der Waals surface area contributed by atoms with Gasteiger partial charge in [0.05, 0.1) is 0 Å². The van der Waals surface area contributed by atoms with Crippen LogP contribution in [0.15, 0.2) is 16.7 Å². The first-order chi connectivity index (χ1) is 9.24. The van der Waals surface area contributed by atoms with Gasteiger partial charge in [0.15, 0.2) is 0 Å². The number of aromatic nitrogens is 1. The number of hydrogen-bond acceptors (Lipinski definition) is 2. The largest absolute Gasteiger partial charge is 0.370 e. The molecule has 0 spiro atoms. The maximum absolute atomic E-state index is 4.39. The molecule has 1 N–H and O–H groups in total. The lowest BCUT2D eigenvalue weighted by Gasteiger charge is -2.08. The molecule has 0 aromatic carbocycles. The van der Waals surface area contributed by atoms with Gasteiger partial charge in [-0.3, -0.25) is 0 Å². The highest BCUT2D eigenvalue weighted by molar-refractivity contribution is 9.10. The molecule has 0 radical (unpaired) electrons. The summed E-state index contributed by atoms with van der Waals surface area (Å²) in [7, 11) is 0. The highest BCUT2D eigenvalue weighted by atomic mass is 79.9. The Morgan fingerprint density at radius 3 is 2.32 bits per heavy atom. The minimum absolute atomic E-state index is 1.02. The summed E-state index contributed by atoms with van der Waals surface area (Å²) < 4.78 is 1.04. The van der Waals surface area contributed by atoms with Crippen LogP contribution in [0.4, 0.5) is 5.82 Å². The Labute approximate surface area is 126 Å². The van der Waals surface area contributed by atoms with E-state index >= 15 is 0 Å². The smallest absolute Gasteiger partial charge is 0.128 e. The molecule has 2 nitrogen and oxygen atoms in total. The van der Waals surface area contributed by atoms with Crippen LogP contribution >= 0.6 is 15.9 Å². The van der Waals surface area contributed by atoms with E-state index in [4.69, 9.17) is 0 Å². The normalized spacial score (nSPS) is 10.7. The van der Waals surface area contributed by atoms with E-state index in [0.29, 0.717) is 0 Å². The Balaban J connectivity index is 2.01. The molecule has 0 aliphatic heterocycles. The molecule has 1 aromatic heterocycles. The van der Waals surface area contributed by atoms with E-state index in [-0.39, 0.29) is 0 Å². The van der Waals surface area contributed by atoms with Gasteiger partial charge in [0.1, 0.15) is 5.82 Å². The zero-order chi connectivity index (χ0) is 13.9. The van der Waals surface area contributed by atoms with Crippen molar-refractivity contribution in [1.82, 2.24) is 4.98 Å². The number of hydrogen-bond donors (Lipinski definition) is 1. The maximum atomic E-state index is 4.39. The molecular formula is C16H27BrN2. The van der Waals surface area contributed by atoms with Crippen molar-refractivity contribution >= 4 is 21.7 Å². The van der Waals surface area contributed by atoms with E-state index in [9.17, 15) is 0 Å². The molecular weight excluding hydrogens is 300 g/mol. The molecule has 0 saturated carbocycles. The third-order valence-electron chi connectivity index (χ3n) is 3.37. The van der Waals surface area contributed by atoms with E-state index in [1.807, 2.05) is 6.20 Å². The Kier molecular flexibility index (Phi) is 8.89. The summed E-state index contributed by atoms with van der Waals surface area (Å²) in [6.07, 6.45) is 12.8.